The Hall–Kier alpha value is -1.97. The Balaban J connectivity index is 3.91. The van der Waals surface area contributed by atoms with Crippen LogP contribution < -0.4 is 0 Å². The van der Waals surface area contributed by atoms with Gasteiger partial charge in [0.15, 0.2) is 6.10 Å². The van der Waals surface area contributed by atoms with Crippen LogP contribution in [0.25, 0.3) is 0 Å². The summed E-state index contributed by atoms with van der Waals surface area (Å²) in [6.07, 6.45) is 77.9. The lowest BCUT2D eigenvalue weighted by Crippen LogP contribution is -2.40. The molecule has 0 aromatic heterocycles. The van der Waals surface area contributed by atoms with E-state index in [0.29, 0.717) is 17.4 Å². The van der Waals surface area contributed by atoms with Crippen molar-refractivity contribution in [2.24, 2.45) is 0 Å². The van der Waals surface area contributed by atoms with E-state index in [-0.39, 0.29) is 38.2 Å². The van der Waals surface area contributed by atoms with Gasteiger partial charge in [-0.25, -0.2) is 4.79 Å². The van der Waals surface area contributed by atoms with E-state index in [1.54, 1.807) is 0 Å². The third-order valence-corrected chi connectivity index (χ3v) is 17.0. The molecule has 9 nitrogen and oxygen atoms in total. The summed E-state index contributed by atoms with van der Waals surface area (Å²) in [6, 6.07) is 0. The highest BCUT2D eigenvalue weighted by atomic mass is 16.7. The summed E-state index contributed by atoms with van der Waals surface area (Å²) in [7, 11) is 5.99. The number of carboxylic acids is 1. The second kappa shape index (κ2) is 66.0. The normalized spacial score (nSPS) is 12.6. The van der Waals surface area contributed by atoms with Crippen molar-refractivity contribution in [3.8, 4) is 0 Å². The number of nitrogens with zero attached hydrogens (tertiary/aromatic N) is 1. The number of hydrogen-bond donors (Lipinski definition) is 1. The molecule has 2 atom stereocenters. The molecule has 9 heteroatoms. The zero-order chi connectivity index (χ0) is 60.5. The number of carbonyl (C=O) groups is 3. The fourth-order valence-corrected chi connectivity index (χ4v) is 11.4. The van der Waals surface area contributed by atoms with E-state index in [1.165, 1.54) is 321 Å². The van der Waals surface area contributed by atoms with Crippen LogP contribution in [0.5, 0.6) is 0 Å². The number of ether oxygens (including phenoxy) is 4. The van der Waals surface area contributed by atoms with Crippen LogP contribution in [-0.2, 0) is 33.3 Å². The highest BCUT2D eigenvalue weighted by Crippen LogP contribution is 2.20. The number of carboxylic acid groups (broad SMARTS) is 1. The summed E-state index contributed by atoms with van der Waals surface area (Å²) in [4.78, 5) is 37.6. The minimum absolute atomic E-state index is 0.176. The minimum atomic E-state index is -1.51. The fourth-order valence-electron chi connectivity index (χ4n) is 11.4. The third-order valence-electron chi connectivity index (χ3n) is 17.0. The molecule has 0 aromatic carbocycles. The molecule has 0 aliphatic heterocycles. The Morgan fingerprint density at radius 3 is 0.892 bits per heavy atom. The third kappa shape index (κ3) is 67.4. The van der Waals surface area contributed by atoms with Crippen molar-refractivity contribution in [3.05, 3.63) is 12.2 Å². The summed E-state index contributed by atoms with van der Waals surface area (Å²) in [5, 5.41) is 9.74. The fraction of sp³-hybridized carbons (Fsp3) is 0.932. The first-order valence-corrected chi connectivity index (χ1v) is 36.9. The van der Waals surface area contributed by atoms with Crippen LogP contribution >= 0.6 is 0 Å². The molecule has 83 heavy (non-hydrogen) atoms. The van der Waals surface area contributed by atoms with Gasteiger partial charge in [0.2, 0.25) is 0 Å². The average molecular weight is 1180 g/mol. The number of allylic oxidation sites excluding steroid dienone is 2. The van der Waals surface area contributed by atoms with Gasteiger partial charge in [0.1, 0.15) is 13.2 Å². The van der Waals surface area contributed by atoms with Gasteiger partial charge in [-0.05, 0) is 38.5 Å². The van der Waals surface area contributed by atoms with Crippen molar-refractivity contribution < 1.29 is 42.9 Å². The highest BCUT2D eigenvalue weighted by Gasteiger charge is 2.25. The van der Waals surface area contributed by atoms with E-state index >= 15 is 0 Å². The summed E-state index contributed by atoms with van der Waals surface area (Å²) in [5.74, 6) is -1.98. The largest absolute Gasteiger partial charge is 0.477 e. The van der Waals surface area contributed by atoms with Gasteiger partial charge in [-0.2, -0.15) is 0 Å². The van der Waals surface area contributed by atoms with Gasteiger partial charge in [-0.1, -0.05) is 347 Å². The molecule has 0 aromatic rings. The molecule has 0 saturated heterocycles. The van der Waals surface area contributed by atoms with Crippen molar-refractivity contribution in [1.82, 2.24) is 0 Å². The first-order valence-electron chi connectivity index (χ1n) is 36.9. The van der Waals surface area contributed by atoms with Gasteiger partial charge in [0.05, 0.1) is 34.4 Å². The van der Waals surface area contributed by atoms with E-state index in [4.69, 9.17) is 18.9 Å². The Bertz CT molecular complexity index is 1370. The van der Waals surface area contributed by atoms with Crippen LogP contribution in [0.1, 0.15) is 386 Å². The first kappa shape index (κ1) is 81.0. The van der Waals surface area contributed by atoms with E-state index in [2.05, 4.69) is 26.0 Å². The van der Waals surface area contributed by atoms with E-state index in [0.717, 1.165) is 38.5 Å². The SMILES string of the molecule is CCCCCCCC/C=C\CCCCCCCCCCCC(=O)OC(COC(=O)CCCCCCCCCCCCCCCCCCCCCCCCCCCCCCCCCCCCCCCCC)COC(OCC[N+](C)(C)C)C(=O)O. The number of esters is 2. The lowest BCUT2D eigenvalue weighted by Gasteiger charge is -2.25. The quantitative estimate of drug-likeness (QED) is 0.0211. The summed E-state index contributed by atoms with van der Waals surface area (Å²) in [6.45, 7) is 4.95. The van der Waals surface area contributed by atoms with Crippen LogP contribution in [-0.4, -0.2) is 87.4 Å². The zero-order valence-electron chi connectivity index (χ0n) is 56.4. The molecule has 0 amide bonds. The summed E-state index contributed by atoms with van der Waals surface area (Å²) >= 11 is 0. The Morgan fingerprint density at radius 2 is 0.614 bits per heavy atom. The monoisotopic (exact) mass is 1180 g/mol. The first-order chi connectivity index (χ1) is 40.6. The number of carbonyl (C=O) groups excluding carboxylic acids is 2. The van der Waals surface area contributed by atoms with Crippen LogP contribution in [0.2, 0.25) is 0 Å². The van der Waals surface area contributed by atoms with Crippen LogP contribution in [0.3, 0.4) is 0 Å². The number of rotatable bonds is 70. The van der Waals surface area contributed by atoms with Crippen molar-refractivity contribution in [1.29, 1.82) is 0 Å². The van der Waals surface area contributed by atoms with Gasteiger partial charge in [-0.3, -0.25) is 9.59 Å². The molecule has 2 unspecified atom stereocenters. The van der Waals surface area contributed by atoms with E-state index < -0.39 is 18.4 Å². The lowest BCUT2D eigenvalue weighted by molar-refractivity contribution is -0.870. The van der Waals surface area contributed by atoms with Gasteiger partial charge in [-0.15, -0.1) is 0 Å². The molecule has 0 radical (unpaired) electrons. The standard InChI is InChI=1S/C74H143NO8/c1-6-8-10-12-14-16-18-20-22-24-26-27-28-29-30-31-32-33-34-35-36-37-38-39-40-41-42-43-44-45-47-48-50-52-54-56-58-60-62-64-71(76)81-68-70(69-82-74(73(78)79)80-67-66-75(3,4)5)83-72(77)65-63-61-59-57-55-53-51-49-46-25-23-21-19-17-15-13-11-9-7-2/h21,23,70,74H,6-20,22,24-69H2,1-5H3/p+1/b23-21-. The molecular weight excluding hydrogens is 1030 g/mol. The maximum Gasteiger partial charge on any atom is 0.361 e. The van der Waals surface area contributed by atoms with Crippen LogP contribution in [0.4, 0.5) is 0 Å². The van der Waals surface area contributed by atoms with Crippen molar-refractivity contribution in [2.75, 3.05) is 47.5 Å². The Labute approximate surface area is 516 Å². The highest BCUT2D eigenvalue weighted by molar-refractivity contribution is 5.71. The van der Waals surface area contributed by atoms with E-state index in [9.17, 15) is 19.5 Å². The van der Waals surface area contributed by atoms with Crippen LogP contribution in [0, 0.1) is 0 Å². The maximum absolute atomic E-state index is 12.9. The van der Waals surface area contributed by atoms with Crippen molar-refractivity contribution in [3.63, 3.8) is 0 Å². The van der Waals surface area contributed by atoms with Crippen LogP contribution in [0.15, 0.2) is 12.2 Å². The molecular formula is C74H144NO8+. The molecule has 1 N–H and O–H groups in total. The second-order valence-corrected chi connectivity index (χ2v) is 26.6. The molecule has 0 bridgehead atoms. The molecule has 0 aliphatic rings. The van der Waals surface area contributed by atoms with Crippen molar-refractivity contribution >= 4 is 17.9 Å². The molecule has 0 aliphatic carbocycles. The number of hydrogen-bond acceptors (Lipinski definition) is 7. The zero-order valence-corrected chi connectivity index (χ0v) is 56.4. The average Bonchev–Trinajstić information content (AvgIpc) is 3.46. The second-order valence-electron chi connectivity index (χ2n) is 26.6. The molecule has 0 saturated carbocycles. The van der Waals surface area contributed by atoms with Gasteiger partial charge in [0.25, 0.3) is 6.29 Å². The topological polar surface area (TPSA) is 108 Å². The number of aliphatic carboxylic acids is 1. The molecule has 0 heterocycles. The molecule has 0 rings (SSSR count). The van der Waals surface area contributed by atoms with Gasteiger partial charge < -0.3 is 28.5 Å². The molecule has 492 valence electrons. The Morgan fingerprint density at radius 1 is 0.349 bits per heavy atom. The molecule has 0 spiro atoms. The maximum atomic E-state index is 12.9. The van der Waals surface area contributed by atoms with Gasteiger partial charge >= 0.3 is 17.9 Å². The smallest absolute Gasteiger partial charge is 0.361 e. The van der Waals surface area contributed by atoms with E-state index in [1.807, 2.05) is 21.1 Å². The lowest BCUT2D eigenvalue weighted by atomic mass is 10.0. The molecule has 0 fully saturated rings. The number of unbranched alkanes of at least 4 members (excludes halogenated alkanes) is 53. The number of quaternary nitrogens is 1. The minimum Gasteiger partial charge on any atom is -0.477 e. The Kier molecular flexibility index (Phi) is 64.4. The predicted molar refractivity (Wildman–Crippen MR) is 355 cm³/mol. The van der Waals surface area contributed by atoms with Crippen molar-refractivity contribution in [2.45, 2.75) is 399 Å². The van der Waals surface area contributed by atoms with Gasteiger partial charge in [0, 0.05) is 12.8 Å². The number of likely N-dealkylation sites (N-methyl/N-ethyl adjacent to an activating group) is 1. The predicted octanol–water partition coefficient (Wildman–Crippen LogP) is 22.8. The summed E-state index contributed by atoms with van der Waals surface area (Å²) in [5.41, 5.74) is 0. The summed E-state index contributed by atoms with van der Waals surface area (Å²) < 4.78 is 23.0.